The minimum absolute atomic E-state index is 0.0849. The van der Waals surface area contributed by atoms with E-state index < -0.39 is 12.2 Å². The lowest BCUT2D eigenvalue weighted by atomic mass is 10.0. The molecule has 90 valence electrons. The summed E-state index contributed by atoms with van der Waals surface area (Å²) in [7, 11) is 0. The summed E-state index contributed by atoms with van der Waals surface area (Å²) in [5.41, 5.74) is 0. The molecule has 1 aliphatic heterocycles. The van der Waals surface area contributed by atoms with Gasteiger partial charge in [-0.15, -0.1) is 0 Å². The number of hydrogen-bond donors (Lipinski definition) is 3. The second kappa shape index (κ2) is 5.80. The Hall–Kier alpha value is -0.160. The molecule has 1 aliphatic rings. The van der Waals surface area contributed by atoms with E-state index in [-0.39, 0.29) is 12.6 Å². The van der Waals surface area contributed by atoms with Crippen molar-refractivity contribution < 1.29 is 15.3 Å². The zero-order chi connectivity index (χ0) is 11.4. The Bertz CT molecular complexity index is 185. The Kier molecular flexibility index (Phi) is 4.99. The number of nitrogens with zero attached hydrogens (tertiary/aromatic N) is 1. The van der Waals surface area contributed by atoms with Crippen molar-refractivity contribution in [3.05, 3.63) is 0 Å². The third kappa shape index (κ3) is 2.91. The van der Waals surface area contributed by atoms with Crippen LogP contribution in [0.25, 0.3) is 0 Å². The van der Waals surface area contributed by atoms with E-state index in [9.17, 15) is 15.3 Å². The van der Waals surface area contributed by atoms with E-state index in [2.05, 4.69) is 13.8 Å². The van der Waals surface area contributed by atoms with Gasteiger partial charge in [-0.3, -0.25) is 4.90 Å². The van der Waals surface area contributed by atoms with E-state index in [0.717, 1.165) is 19.4 Å². The van der Waals surface area contributed by atoms with Crippen molar-refractivity contribution in [2.45, 2.75) is 44.9 Å². The lowest BCUT2D eigenvalue weighted by molar-refractivity contribution is 0.0202. The largest absolute Gasteiger partial charge is 0.395 e. The predicted molar refractivity (Wildman–Crippen MR) is 58.5 cm³/mol. The number of aliphatic hydroxyl groups is 3. The molecule has 4 heteroatoms. The van der Waals surface area contributed by atoms with Crippen LogP contribution in [0, 0.1) is 5.92 Å². The van der Waals surface area contributed by atoms with Gasteiger partial charge in [0.05, 0.1) is 24.9 Å². The third-order valence-corrected chi connectivity index (χ3v) is 3.51. The monoisotopic (exact) mass is 217 g/mol. The van der Waals surface area contributed by atoms with E-state index in [0.29, 0.717) is 12.5 Å². The summed E-state index contributed by atoms with van der Waals surface area (Å²) in [5.74, 6) is 0.580. The lowest BCUT2D eigenvalue weighted by Crippen LogP contribution is -2.41. The van der Waals surface area contributed by atoms with Gasteiger partial charge in [0.1, 0.15) is 0 Å². The molecule has 0 radical (unpaired) electrons. The molecule has 0 bridgehead atoms. The molecule has 0 saturated carbocycles. The molecule has 0 aromatic rings. The van der Waals surface area contributed by atoms with E-state index >= 15 is 0 Å². The smallest absolute Gasteiger partial charge is 0.0988 e. The van der Waals surface area contributed by atoms with Crippen molar-refractivity contribution in [3.63, 3.8) is 0 Å². The van der Waals surface area contributed by atoms with Crippen molar-refractivity contribution in [1.29, 1.82) is 0 Å². The van der Waals surface area contributed by atoms with E-state index in [1.807, 2.05) is 4.90 Å². The van der Waals surface area contributed by atoms with Gasteiger partial charge in [0.25, 0.3) is 0 Å². The highest BCUT2D eigenvalue weighted by Crippen LogP contribution is 2.21. The summed E-state index contributed by atoms with van der Waals surface area (Å²) in [5, 5.41) is 28.3. The highest BCUT2D eigenvalue weighted by molar-refractivity contribution is 4.93. The molecule has 15 heavy (non-hydrogen) atoms. The van der Waals surface area contributed by atoms with Crippen LogP contribution in [-0.2, 0) is 0 Å². The zero-order valence-corrected chi connectivity index (χ0v) is 9.63. The van der Waals surface area contributed by atoms with Crippen LogP contribution >= 0.6 is 0 Å². The van der Waals surface area contributed by atoms with Gasteiger partial charge in [-0.2, -0.15) is 0 Å². The van der Waals surface area contributed by atoms with Gasteiger partial charge >= 0.3 is 0 Å². The minimum Gasteiger partial charge on any atom is -0.395 e. The summed E-state index contributed by atoms with van der Waals surface area (Å²) < 4.78 is 0. The molecule has 0 aromatic carbocycles. The Morgan fingerprint density at radius 2 is 1.87 bits per heavy atom. The molecule has 4 nitrogen and oxygen atoms in total. The van der Waals surface area contributed by atoms with Crippen LogP contribution in [0.2, 0.25) is 0 Å². The molecular formula is C11H23NO3. The summed E-state index contributed by atoms with van der Waals surface area (Å²) in [6.07, 6.45) is 0.676. The third-order valence-electron chi connectivity index (χ3n) is 3.51. The van der Waals surface area contributed by atoms with Crippen molar-refractivity contribution in [2.75, 3.05) is 19.7 Å². The van der Waals surface area contributed by atoms with Gasteiger partial charge < -0.3 is 15.3 Å². The number of rotatable bonds is 5. The molecule has 0 aromatic heterocycles. The zero-order valence-electron chi connectivity index (χ0n) is 9.63. The second-order valence-electron chi connectivity index (χ2n) is 4.44. The molecule has 0 unspecified atom stereocenters. The normalized spacial score (nSPS) is 32.8. The topological polar surface area (TPSA) is 63.9 Å². The van der Waals surface area contributed by atoms with Crippen LogP contribution < -0.4 is 0 Å². The summed E-state index contributed by atoms with van der Waals surface area (Å²) in [6, 6.07) is -0.291. The number of likely N-dealkylation sites (tertiary alicyclic amines) is 1. The fourth-order valence-electron chi connectivity index (χ4n) is 2.27. The van der Waals surface area contributed by atoms with Crippen LogP contribution in [0.15, 0.2) is 0 Å². The number of aliphatic hydroxyl groups excluding tert-OH is 3. The lowest BCUT2D eigenvalue weighted by Gasteiger charge is -2.27. The molecule has 1 fully saturated rings. The average molecular weight is 217 g/mol. The molecule has 3 N–H and O–H groups in total. The highest BCUT2D eigenvalue weighted by atomic mass is 16.3. The van der Waals surface area contributed by atoms with Gasteiger partial charge in [-0.1, -0.05) is 26.7 Å². The Morgan fingerprint density at radius 3 is 2.33 bits per heavy atom. The van der Waals surface area contributed by atoms with Crippen LogP contribution in [0.4, 0.5) is 0 Å². The fraction of sp³-hybridized carbons (Fsp3) is 1.00. The number of β-amino-alcohol motifs (C(OH)–C–C–N with tert-alkyl or cyclic N) is 1. The van der Waals surface area contributed by atoms with Gasteiger partial charge in [0.15, 0.2) is 0 Å². The van der Waals surface area contributed by atoms with Gasteiger partial charge in [-0.05, 0) is 5.92 Å². The van der Waals surface area contributed by atoms with Crippen LogP contribution in [0.5, 0.6) is 0 Å². The van der Waals surface area contributed by atoms with Gasteiger partial charge in [-0.25, -0.2) is 0 Å². The molecular weight excluding hydrogens is 194 g/mol. The molecule has 1 heterocycles. The molecule has 0 spiro atoms. The first-order valence-electron chi connectivity index (χ1n) is 5.85. The predicted octanol–water partition coefficient (Wildman–Crippen LogP) is -0.179. The second-order valence-corrected chi connectivity index (χ2v) is 4.44. The average Bonchev–Trinajstić information content (AvgIpc) is 2.51. The quantitative estimate of drug-likeness (QED) is 0.598. The maximum Gasteiger partial charge on any atom is 0.0988 e. The van der Waals surface area contributed by atoms with Crippen molar-refractivity contribution in [1.82, 2.24) is 4.90 Å². The maximum absolute atomic E-state index is 9.63. The highest BCUT2D eigenvalue weighted by Gasteiger charge is 2.39. The van der Waals surface area contributed by atoms with Crippen molar-refractivity contribution in [3.8, 4) is 0 Å². The first-order valence-corrected chi connectivity index (χ1v) is 5.85. The van der Waals surface area contributed by atoms with Crippen LogP contribution in [-0.4, -0.2) is 58.2 Å². The Morgan fingerprint density at radius 1 is 1.27 bits per heavy atom. The molecule has 1 rings (SSSR count). The van der Waals surface area contributed by atoms with E-state index in [1.54, 1.807) is 0 Å². The number of hydrogen-bond acceptors (Lipinski definition) is 4. The molecule has 0 amide bonds. The molecule has 1 saturated heterocycles. The first-order chi connectivity index (χ1) is 7.13. The molecule has 3 atom stereocenters. The minimum atomic E-state index is -0.802. The maximum atomic E-state index is 9.63. The van der Waals surface area contributed by atoms with E-state index in [4.69, 9.17) is 0 Å². The Labute approximate surface area is 91.5 Å². The summed E-state index contributed by atoms with van der Waals surface area (Å²) in [4.78, 5) is 2.01. The van der Waals surface area contributed by atoms with Crippen LogP contribution in [0.1, 0.15) is 26.7 Å². The van der Waals surface area contributed by atoms with Crippen LogP contribution in [0.3, 0.4) is 0 Å². The SMILES string of the molecule is CCC(CC)CN1C[C@H](O)[C@@H](O)[C@@H]1CO. The molecule has 0 aliphatic carbocycles. The Balaban J connectivity index is 2.53. The summed E-state index contributed by atoms with van der Waals surface area (Å²) >= 11 is 0. The van der Waals surface area contributed by atoms with Crippen molar-refractivity contribution >= 4 is 0 Å². The van der Waals surface area contributed by atoms with Gasteiger partial charge in [0, 0.05) is 13.1 Å². The van der Waals surface area contributed by atoms with Gasteiger partial charge in [0.2, 0.25) is 0 Å². The standard InChI is InChI=1S/C11H23NO3/c1-3-8(4-2)5-12-6-10(14)11(15)9(12)7-13/h8-11,13-15H,3-7H2,1-2H3/t9-,10-,11-/m0/s1. The first kappa shape index (κ1) is 12.9. The van der Waals surface area contributed by atoms with Crippen molar-refractivity contribution in [2.24, 2.45) is 5.92 Å². The summed E-state index contributed by atoms with van der Waals surface area (Å²) in [6.45, 7) is 5.53. The fourth-order valence-corrected chi connectivity index (χ4v) is 2.27. The van der Waals surface area contributed by atoms with E-state index in [1.165, 1.54) is 0 Å².